The Morgan fingerprint density at radius 1 is 1.15 bits per heavy atom. The van der Waals surface area contributed by atoms with E-state index >= 15 is 0 Å². The summed E-state index contributed by atoms with van der Waals surface area (Å²) in [5.41, 5.74) is 8.67. The molecule has 1 aromatic heterocycles. The maximum absolute atomic E-state index is 13.1. The van der Waals surface area contributed by atoms with Gasteiger partial charge in [0, 0.05) is 30.3 Å². The first-order valence-corrected chi connectivity index (χ1v) is 8.34. The van der Waals surface area contributed by atoms with Gasteiger partial charge < -0.3 is 9.88 Å². The fraction of sp³-hybridized carbons (Fsp3) is 0.158. The van der Waals surface area contributed by atoms with Crippen molar-refractivity contribution < 1.29 is 9.18 Å². The molecule has 0 spiro atoms. The van der Waals surface area contributed by atoms with Crippen LogP contribution < -0.4 is 16.2 Å². The molecule has 4 rings (SSSR count). The third-order valence-electron chi connectivity index (χ3n) is 4.49. The van der Waals surface area contributed by atoms with E-state index in [0.717, 1.165) is 16.9 Å². The molecule has 2 aromatic carbocycles. The highest BCUT2D eigenvalue weighted by molar-refractivity contribution is 5.93. The summed E-state index contributed by atoms with van der Waals surface area (Å²) in [5, 5.41) is 2.95. The first-order valence-electron chi connectivity index (χ1n) is 8.34. The van der Waals surface area contributed by atoms with Gasteiger partial charge in [0.25, 0.3) is 0 Å². The van der Waals surface area contributed by atoms with Crippen LogP contribution in [0.1, 0.15) is 11.6 Å². The highest BCUT2D eigenvalue weighted by Crippen LogP contribution is 2.26. The second kappa shape index (κ2) is 7.07. The molecule has 1 amide bonds. The van der Waals surface area contributed by atoms with Gasteiger partial charge in [-0.1, -0.05) is 12.1 Å². The number of amides is 1. The van der Waals surface area contributed by atoms with Crippen LogP contribution in [-0.4, -0.2) is 22.0 Å². The van der Waals surface area contributed by atoms with E-state index in [2.05, 4.69) is 21.2 Å². The first-order chi connectivity index (χ1) is 12.7. The molecule has 1 aliphatic heterocycles. The third kappa shape index (κ3) is 3.35. The Hall–Kier alpha value is -3.03. The van der Waals surface area contributed by atoms with Crippen molar-refractivity contribution in [2.45, 2.75) is 6.04 Å². The number of benzene rings is 2. The van der Waals surface area contributed by atoms with E-state index in [-0.39, 0.29) is 23.7 Å². The number of hydrogen-bond donors (Lipinski definition) is 3. The Morgan fingerprint density at radius 2 is 1.92 bits per heavy atom. The molecule has 0 aliphatic carbocycles. The molecule has 2 heterocycles. The lowest BCUT2D eigenvalue weighted by Gasteiger charge is -2.18. The minimum atomic E-state index is -0.297. The second-order valence-corrected chi connectivity index (χ2v) is 6.17. The molecule has 3 N–H and O–H groups in total. The summed E-state index contributed by atoms with van der Waals surface area (Å²) in [6.07, 6.45) is 5.29. The van der Waals surface area contributed by atoms with E-state index in [1.165, 1.54) is 12.1 Å². The average Bonchev–Trinajstić information content (AvgIpc) is 3.35. The van der Waals surface area contributed by atoms with Gasteiger partial charge in [-0.05, 0) is 42.0 Å². The highest BCUT2D eigenvalue weighted by atomic mass is 19.1. The number of hydrogen-bond acceptors (Lipinski definition) is 4. The molecule has 1 saturated heterocycles. The van der Waals surface area contributed by atoms with Crippen molar-refractivity contribution in [2.24, 2.45) is 5.92 Å². The predicted molar refractivity (Wildman–Crippen MR) is 96.0 cm³/mol. The number of hydrazine groups is 1. The summed E-state index contributed by atoms with van der Waals surface area (Å²) >= 11 is 0. The number of anilines is 1. The first kappa shape index (κ1) is 16.4. The zero-order valence-corrected chi connectivity index (χ0v) is 13.9. The molecule has 0 radical (unpaired) electrons. The van der Waals surface area contributed by atoms with Crippen LogP contribution in [0.2, 0.25) is 0 Å². The number of aromatic nitrogens is 2. The molecule has 132 valence electrons. The number of rotatable bonds is 4. The van der Waals surface area contributed by atoms with E-state index in [4.69, 9.17) is 0 Å². The van der Waals surface area contributed by atoms with Crippen molar-refractivity contribution in [1.29, 1.82) is 0 Å². The van der Waals surface area contributed by atoms with Gasteiger partial charge in [-0.2, -0.15) is 0 Å². The molecule has 6 nitrogen and oxygen atoms in total. The molecule has 1 fully saturated rings. The highest BCUT2D eigenvalue weighted by Gasteiger charge is 2.33. The van der Waals surface area contributed by atoms with Crippen molar-refractivity contribution in [3.63, 3.8) is 0 Å². The van der Waals surface area contributed by atoms with Crippen LogP contribution >= 0.6 is 0 Å². The summed E-state index contributed by atoms with van der Waals surface area (Å²) in [5.74, 6) is -0.681. The number of carbonyl (C=O) groups is 1. The summed E-state index contributed by atoms with van der Waals surface area (Å²) < 4.78 is 15.0. The Balaban J connectivity index is 1.46. The minimum absolute atomic E-state index is 0.0906. The molecular weight excluding hydrogens is 333 g/mol. The van der Waals surface area contributed by atoms with E-state index in [0.29, 0.717) is 6.54 Å². The summed E-state index contributed by atoms with van der Waals surface area (Å²) in [4.78, 5) is 16.7. The lowest BCUT2D eigenvalue weighted by atomic mass is 9.94. The van der Waals surface area contributed by atoms with Crippen molar-refractivity contribution in [3.05, 3.63) is 78.6 Å². The molecule has 7 heteroatoms. The van der Waals surface area contributed by atoms with Crippen molar-refractivity contribution >= 4 is 11.6 Å². The van der Waals surface area contributed by atoms with E-state index in [1.54, 1.807) is 24.7 Å². The smallest absolute Gasteiger partial charge is 0.230 e. The predicted octanol–water partition coefficient (Wildman–Crippen LogP) is 2.42. The topological polar surface area (TPSA) is 71.0 Å². The van der Waals surface area contributed by atoms with Crippen LogP contribution in [0, 0.1) is 11.7 Å². The lowest BCUT2D eigenvalue weighted by molar-refractivity contribution is -0.119. The van der Waals surface area contributed by atoms with Gasteiger partial charge in [0.2, 0.25) is 5.91 Å². The van der Waals surface area contributed by atoms with Crippen molar-refractivity contribution in [3.8, 4) is 5.69 Å². The molecule has 0 saturated carbocycles. The Labute approximate surface area is 150 Å². The Kier molecular flexibility index (Phi) is 4.47. The van der Waals surface area contributed by atoms with Gasteiger partial charge in [0.15, 0.2) is 0 Å². The standard InChI is InChI=1S/C19H18FN5O/c20-14-3-1-13(2-4-14)18-17(11-22-24-18)19(26)23-15-5-7-16(8-6-15)25-10-9-21-12-25/h1-10,12,17-18,22,24H,11H2,(H,23,26). The van der Waals surface area contributed by atoms with Crippen LogP contribution in [0.15, 0.2) is 67.3 Å². The molecular formula is C19H18FN5O. The van der Waals surface area contributed by atoms with Gasteiger partial charge >= 0.3 is 0 Å². The largest absolute Gasteiger partial charge is 0.326 e. The summed E-state index contributed by atoms with van der Waals surface area (Å²) in [6.45, 7) is 0.501. The SMILES string of the molecule is O=C(Nc1ccc(-n2ccnc2)cc1)C1CNNC1c1ccc(F)cc1. The van der Waals surface area contributed by atoms with Crippen molar-refractivity contribution in [1.82, 2.24) is 20.4 Å². The zero-order valence-electron chi connectivity index (χ0n) is 13.9. The number of imidazole rings is 1. The Morgan fingerprint density at radius 3 is 2.62 bits per heavy atom. The molecule has 0 bridgehead atoms. The van der Waals surface area contributed by atoms with Gasteiger partial charge in [0.05, 0.1) is 18.3 Å². The van der Waals surface area contributed by atoms with Crippen LogP contribution in [0.25, 0.3) is 5.69 Å². The Bertz CT molecular complexity index is 877. The van der Waals surface area contributed by atoms with E-state index in [9.17, 15) is 9.18 Å². The van der Waals surface area contributed by atoms with Crippen LogP contribution in [0.3, 0.4) is 0 Å². The maximum atomic E-state index is 13.1. The molecule has 1 aliphatic rings. The second-order valence-electron chi connectivity index (χ2n) is 6.17. The van der Waals surface area contributed by atoms with Gasteiger partial charge in [-0.15, -0.1) is 0 Å². The molecule has 3 aromatic rings. The fourth-order valence-corrected chi connectivity index (χ4v) is 3.09. The van der Waals surface area contributed by atoms with Gasteiger partial charge in [0.1, 0.15) is 5.82 Å². The number of nitrogens with one attached hydrogen (secondary N) is 3. The van der Waals surface area contributed by atoms with Crippen LogP contribution in [0.5, 0.6) is 0 Å². The zero-order chi connectivity index (χ0) is 17.9. The number of nitrogens with zero attached hydrogens (tertiary/aromatic N) is 2. The normalized spacial score (nSPS) is 19.4. The molecule has 26 heavy (non-hydrogen) atoms. The van der Waals surface area contributed by atoms with E-state index in [1.807, 2.05) is 35.0 Å². The molecule has 2 unspecified atom stereocenters. The number of halogens is 1. The third-order valence-corrected chi connectivity index (χ3v) is 4.49. The maximum Gasteiger partial charge on any atom is 0.230 e. The lowest BCUT2D eigenvalue weighted by Crippen LogP contribution is -2.29. The van der Waals surface area contributed by atoms with Crippen LogP contribution in [0.4, 0.5) is 10.1 Å². The van der Waals surface area contributed by atoms with Crippen molar-refractivity contribution in [2.75, 3.05) is 11.9 Å². The average molecular weight is 351 g/mol. The fourth-order valence-electron chi connectivity index (χ4n) is 3.09. The minimum Gasteiger partial charge on any atom is -0.326 e. The van der Waals surface area contributed by atoms with E-state index < -0.39 is 0 Å². The monoisotopic (exact) mass is 351 g/mol. The van der Waals surface area contributed by atoms with Gasteiger partial charge in [-0.3, -0.25) is 10.2 Å². The van der Waals surface area contributed by atoms with Gasteiger partial charge in [-0.25, -0.2) is 14.8 Å². The summed E-state index contributed by atoms with van der Waals surface area (Å²) in [7, 11) is 0. The number of carbonyl (C=O) groups excluding carboxylic acids is 1. The quantitative estimate of drug-likeness (QED) is 0.675. The molecule has 2 atom stereocenters. The summed E-state index contributed by atoms with van der Waals surface area (Å²) in [6, 6.07) is 13.5. The van der Waals surface area contributed by atoms with Crippen LogP contribution in [-0.2, 0) is 4.79 Å².